The first-order valence-corrected chi connectivity index (χ1v) is 10.2. The van der Waals surface area contributed by atoms with Gasteiger partial charge >= 0.3 is 5.97 Å². The number of aromatic nitrogens is 1. The molecule has 0 aliphatic rings. The Bertz CT molecular complexity index is 1020. The number of carbonyl (C=O) groups is 2. The standard InChI is InChI=1S/C22H21FN2O4S/c1-3-25(12-15-5-4-6-17(23)11-15)20(26)13-29-22(27)19-14-30-21(24-19)16-7-9-18(28-2)10-8-16/h4-11,14H,3,12-13H2,1-2H3. The molecule has 1 heterocycles. The van der Waals surface area contributed by atoms with Crippen LogP contribution in [0, 0.1) is 5.82 Å². The first-order valence-electron chi connectivity index (χ1n) is 9.29. The number of hydrogen-bond donors (Lipinski definition) is 0. The third-order valence-electron chi connectivity index (χ3n) is 4.37. The van der Waals surface area contributed by atoms with Gasteiger partial charge in [0.1, 0.15) is 16.6 Å². The van der Waals surface area contributed by atoms with E-state index in [0.717, 1.165) is 11.3 Å². The molecule has 1 aromatic heterocycles. The van der Waals surface area contributed by atoms with Crippen molar-refractivity contribution in [3.8, 4) is 16.3 Å². The lowest BCUT2D eigenvalue weighted by Gasteiger charge is -2.20. The molecule has 0 fully saturated rings. The molecule has 3 rings (SSSR count). The second kappa shape index (κ2) is 9.98. The summed E-state index contributed by atoms with van der Waals surface area (Å²) in [7, 11) is 1.59. The SMILES string of the molecule is CCN(Cc1cccc(F)c1)C(=O)COC(=O)c1csc(-c2ccc(OC)cc2)n1. The number of thiazole rings is 1. The number of hydrogen-bond acceptors (Lipinski definition) is 6. The maximum Gasteiger partial charge on any atom is 0.358 e. The van der Waals surface area contributed by atoms with E-state index < -0.39 is 12.6 Å². The van der Waals surface area contributed by atoms with Crippen molar-refractivity contribution in [2.75, 3.05) is 20.3 Å². The van der Waals surface area contributed by atoms with Crippen molar-refractivity contribution in [3.63, 3.8) is 0 Å². The lowest BCUT2D eigenvalue weighted by molar-refractivity contribution is -0.135. The molecule has 0 saturated heterocycles. The van der Waals surface area contributed by atoms with E-state index in [1.807, 2.05) is 24.3 Å². The molecular weight excluding hydrogens is 407 g/mol. The number of methoxy groups -OCH3 is 1. The van der Waals surface area contributed by atoms with E-state index in [9.17, 15) is 14.0 Å². The van der Waals surface area contributed by atoms with E-state index in [2.05, 4.69) is 4.98 Å². The summed E-state index contributed by atoms with van der Waals surface area (Å²) in [5.41, 5.74) is 1.66. The van der Waals surface area contributed by atoms with Gasteiger partial charge in [0, 0.05) is 24.0 Å². The number of ether oxygens (including phenoxy) is 2. The van der Waals surface area contributed by atoms with Crippen molar-refractivity contribution in [2.24, 2.45) is 0 Å². The van der Waals surface area contributed by atoms with Crippen LogP contribution < -0.4 is 4.74 Å². The highest BCUT2D eigenvalue weighted by molar-refractivity contribution is 7.13. The fourth-order valence-corrected chi connectivity index (χ4v) is 3.55. The number of esters is 1. The molecule has 2 aromatic carbocycles. The largest absolute Gasteiger partial charge is 0.497 e. The van der Waals surface area contributed by atoms with Gasteiger partial charge in [-0.15, -0.1) is 11.3 Å². The van der Waals surface area contributed by atoms with E-state index in [4.69, 9.17) is 9.47 Å². The highest BCUT2D eigenvalue weighted by Crippen LogP contribution is 2.26. The Balaban J connectivity index is 1.57. The summed E-state index contributed by atoms with van der Waals surface area (Å²) >= 11 is 1.31. The molecule has 0 radical (unpaired) electrons. The van der Waals surface area contributed by atoms with E-state index in [1.165, 1.54) is 28.4 Å². The van der Waals surface area contributed by atoms with Crippen LogP contribution in [-0.2, 0) is 16.1 Å². The molecule has 30 heavy (non-hydrogen) atoms. The van der Waals surface area contributed by atoms with Crippen LogP contribution in [0.5, 0.6) is 5.75 Å². The highest BCUT2D eigenvalue weighted by atomic mass is 32.1. The van der Waals surface area contributed by atoms with Gasteiger partial charge in [-0.1, -0.05) is 12.1 Å². The summed E-state index contributed by atoms with van der Waals surface area (Å²) in [5, 5.41) is 2.26. The third kappa shape index (κ3) is 5.42. The fourth-order valence-electron chi connectivity index (χ4n) is 2.76. The van der Waals surface area contributed by atoms with Gasteiger partial charge in [0.2, 0.25) is 0 Å². The Kier molecular flexibility index (Phi) is 7.13. The molecule has 0 aliphatic carbocycles. The van der Waals surface area contributed by atoms with Gasteiger partial charge in [-0.05, 0) is 48.9 Å². The molecule has 0 atom stereocenters. The zero-order valence-corrected chi connectivity index (χ0v) is 17.4. The molecular formula is C22H21FN2O4S. The van der Waals surface area contributed by atoms with E-state index in [1.54, 1.807) is 31.5 Å². The molecule has 3 aromatic rings. The van der Waals surface area contributed by atoms with Crippen molar-refractivity contribution < 1.29 is 23.5 Å². The van der Waals surface area contributed by atoms with Crippen molar-refractivity contribution in [1.82, 2.24) is 9.88 Å². The molecule has 0 bridgehead atoms. The second-order valence-electron chi connectivity index (χ2n) is 6.38. The monoisotopic (exact) mass is 428 g/mol. The van der Waals surface area contributed by atoms with Crippen molar-refractivity contribution >= 4 is 23.2 Å². The summed E-state index contributed by atoms with van der Waals surface area (Å²) in [6.07, 6.45) is 0. The molecule has 0 spiro atoms. The Morgan fingerprint density at radius 1 is 1.17 bits per heavy atom. The summed E-state index contributed by atoms with van der Waals surface area (Å²) in [6, 6.07) is 13.4. The Labute approximate surface area is 177 Å². The van der Waals surface area contributed by atoms with Crippen molar-refractivity contribution in [1.29, 1.82) is 0 Å². The highest BCUT2D eigenvalue weighted by Gasteiger charge is 2.18. The summed E-state index contributed by atoms with van der Waals surface area (Å²) < 4.78 is 23.6. The van der Waals surface area contributed by atoms with Crippen molar-refractivity contribution in [3.05, 3.63) is 71.0 Å². The second-order valence-corrected chi connectivity index (χ2v) is 7.24. The zero-order chi connectivity index (χ0) is 21.5. The lowest BCUT2D eigenvalue weighted by atomic mass is 10.2. The molecule has 0 saturated carbocycles. The maximum atomic E-state index is 13.3. The van der Waals surface area contributed by atoms with E-state index in [0.29, 0.717) is 17.1 Å². The van der Waals surface area contributed by atoms with Gasteiger partial charge in [0.05, 0.1) is 7.11 Å². The first-order chi connectivity index (χ1) is 14.5. The molecule has 156 valence electrons. The normalized spacial score (nSPS) is 10.5. The predicted octanol–water partition coefficient (Wildman–Crippen LogP) is 4.16. The number of carbonyl (C=O) groups excluding carboxylic acids is 2. The smallest absolute Gasteiger partial charge is 0.358 e. The fraction of sp³-hybridized carbons (Fsp3) is 0.227. The third-order valence-corrected chi connectivity index (χ3v) is 5.27. The number of halogens is 1. The van der Waals surface area contributed by atoms with E-state index >= 15 is 0 Å². The van der Waals surface area contributed by atoms with Gasteiger partial charge in [-0.25, -0.2) is 14.2 Å². The summed E-state index contributed by atoms with van der Waals surface area (Å²) in [4.78, 5) is 30.5. The molecule has 0 N–H and O–H groups in total. The average molecular weight is 428 g/mol. The van der Waals surface area contributed by atoms with Crippen LogP contribution in [0.3, 0.4) is 0 Å². The van der Waals surface area contributed by atoms with Crippen LogP contribution in [0.2, 0.25) is 0 Å². The van der Waals surface area contributed by atoms with Gasteiger partial charge in [0.25, 0.3) is 5.91 Å². The van der Waals surface area contributed by atoms with Crippen LogP contribution in [0.15, 0.2) is 53.9 Å². The molecule has 6 nitrogen and oxygen atoms in total. The molecule has 1 amide bonds. The average Bonchev–Trinajstić information content (AvgIpc) is 3.26. The number of likely N-dealkylation sites (N-methyl/N-ethyl adjacent to an activating group) is 1. The quantitative estimate of drug-likeness (QED) is 0.504. The van der Waals surface area contributed by atoms with E-state index in [-0.39, 0.29) is 24.0 Å². The van der Waals surface area contributed by atoms with Crippen molar-refractivity contribution in [2.45, 2.75) is 13.5 Å². The van der Waals surface area contributed by atoms with Crippen LogP contribution in [0.4, 0.5) is 4.39 Å². The Morgan fingerprint density at radius 2 is 1.93 bits per heavy atom. The van der Waals surface area contributed by atoms with Gasteiger partial charge in [-0.2, -0.15) is 0 Å². The van der Waals surface area contributed by atoms with Crippen LogP contribution >= 0.6 is 11.3 Å². The number of nitrogens with zero attached hydrogens (tertiary/aromatic N) is 2. The van der Waals surface area contributed by atoms with Crippen LogP contribution in [0.25, 0.3) is 10.6 Å². The van der Waals surface area contributed by atoms with Gasteiger partial charge in [-0.3, -0.25) is 4.79 Å². The van der Waals surface area contributed by atoms with Crippen LogP contribution in [0.1, 0.15) is 23.0 Å². The maximum absolute atomic E-state index is 13.3. The zero-order valence-electron chi connectivity index (χ0n) is 16.6. The minimum absolute atomic E-state index is 0.145. The first kappa shape index (κ1) is 21.4. The molecule has 0 unspecified atom stereocenters. The van der Waals surface area contributed by atoms with Crippen LogP contribution in [-0.4, -0.2) is 42.0 Å². The van der Waals surface area contributed by atoms with Gasteiger partial charge in [0.15, 0.2) is 12.3 Å². The number of benzene rings is 2. The number of rotatable bonds is 8. The Morgan fingerprint density at radius 3 is 2.60 bits per heavy atom. The predicted molar refractivity (Wildman–Crippen MR) is 112 cm³/mol. The lowest BCUT2D eigenvalue weighted by Crippen LogP contribution is -2.34. The molecule has 0 aliphatic heterocycles. The summed E-state index contributed by atoms with van der Waals surface area (Å²) in [6.45, 7) is 2.05. The summed E-state index contributed by atoms with van der Waals surface area (Å²) in [5.74, 6) is -0.660. The number of amides is 1. The minimum atomic E-state index is -0.666. The Hall–Kier alpha value is -3.26. The topological polar surface area (TPSA) is 68.7 Å². The molecule has 8 heteroatoms. The van der Waals surface area contributed by atoms with Gasteiger partial charge < -0.3 is 14.4 Å². The minimum Gasteiger partial charge on any atom is -0.497 e.